The van der Waals surface area contributed by atoms with Gasteiger partial charge < -0.3 is 10.6 Å². The highest BCUT2D eigenvalue weighted by Crippen LogP contribution is 2.34. The number of carbonyl (C=O) groups is 2. The van der Waals surface area contributed by atoms with Crippen LogP contribution in [-0.2, 0) is 4.79 Å². The maximum absolute atomic E-state index is 11.5. The molecule has 0 unspecified atom stereocenters. The molecular formula is C17H23N3O2. The lowest BCUT2D eigenvalue weighted by Crippen LogP contribution is -2.36. The molecule has 22 heavy (non-hydrogen) atoms. The van der Waals surface area contributed by atoms with Gasteiger partial charge >= 0.3 is 6.03 Å². The van der Waals surface area contributed by atoms with Gasteiger partial charge in [0.1, 0.15) is 0 Å². The molecule has 118 valence electrons. The lowest BCUT2D eigenvalue weighted by atomic mass is 9.94. The Morgan fingerprint density at radius 1 is 1.18 bits per heavy atom. The van der Waals surface area contributed by atoms with E-state index in [1.165, 1.54) is 29.7 Å². The number of benzene rings is 1. The highest BCUT2D eigenvalue weighted by atomic mass is 16.2. The average Bonchev–Trinajstić information content (AvgIpc) is 3.13. The van der Waals surface area contributed by atoms with Crippen molar-refractivity contribution in [1.29, 1.82) is 0 Å². The first-order valence-electron chi connectivity index (χ1n) is 8.12. The minimum Gasteiger partial charge on any atom is -0.329 e. The van der Waals surface area contributed by atoms with Gasteiger partial charge in [0.15, 0.2) is 0 Å². The van der Waals surface area contributed by atoms with Crippen molar-refractivity contribution in [1.82, 2.24) is 15.5 Å². The molecule has 3 amide bonds. The molecule has 1 heterocycles. The topological polar surface area (TPSA) is 61.4 Å². The lowest BCUT2D eigenvalue weighted by molar-refractivity contribution is -0.125. The van der Waals surface area contributed by atoms with Crippen molar-refractivity contribution in [2.24, 2.45) is 0 Å². The van der Waals surface area contributed by atoms with Crippen molar-refractivity contribution in [3.8, 4) is 0 Å². The minimum absolute atomic E-state index is 0.118. The second-order valence-corrected chi connectivity index (χ2v) is 6.07. The summed E-state index contributed by atoms with van der Waals surface area (Å²) >= 11 is 0. The van der Waals surface area contributed by atoms with Gasteiger partial charge in [0.2, 0.25) is 5.91 Å². The zero-order valence-corrected chi connectivity index (χ0v) is 12.8. The molecular weight excluding hydrogens is 278 g/mol. The predicted octanol–water partition coefficient (Wildman–Crippen LogP) is 1.85. The second-order valence-electron chi connectivity index (χ2n) is 6.07. The number of amides is 3. The number of rotatable bonds is 6. The van der Waals surface area contributed by atoms with Gasteiger partial charge in [0, 0.05) is 12.6 Å². The third-order valence-electron chi connectivity index (χ3n) is 4.65. The number of nitrogens with one attached hydrogen (secondary N) is 2. The number of nitrogens with zero attached hydrogens (tertiary/aromatic N) is 1. The van der Waals surface area contributed by atoms with Crippen LogP contribution >= 0.6 is 0 Å². The van der Waals surface area contributed by atoms with Crippen LogP contribution in [0.25, 0.3) is 0 Å². The van der Waals surface area contributed by atoms with Crippen molar-refractivity contribution < 1.29 is 9.59 Å². The third-order valence-corrected chi connectivity index (χ3v) is 4.65. The van der Waals surface area contributed by atoms with E-state index < -0.39 is 0 Å². The maximum Gasteiger partial charge on any atom is 0.324 e. The number of imide groups is 1. The largest absolute Gasteiger partial charge is 0.329 e. The summed E-state index contributed by atoms with van der Waals surface area (Å²) < 4.78 is 0. The van der Waals surface area contributed by atoms with Gasteiger partial charge in [-0.05, 0) is 37.3 Å². The Morgan fingerprint density at radius 2 is 2.00 bits per heavy atom. The Morgan fingerprint density at radius 3 is 2.73 bits per heavy atom. The lowest BCUT2D eigenvalue weighted by Gasteiger charge is -2.22. The SMILES string of the molecule is O=C1CNC(=O)N1CCCN[C@@H]1CCC[C@H]1c1ccccc1. The van der Waals surface area contributed by atoms with Crippen molar-refractivity contribution in [2.45, 2.75) is 37.6 Å². The maximum atomic E-state index is 11.5. The van der Waals surface area contributed by atoms with Gasteiger partial charge in [-0.1, -0.05) is 36.8 Å². The van der Waals surface area contributed by atoms with Gasteiger partial charge in [-0.15, -0.1) is 0 Å². The molecule has 0 bridgehead atoms. The molecule has 2 N–H and O–H groups in total. The minimum atomic E-state index is -0.256. The molecule has 2 fully saturated rings. The van der Waals surface area contributed by atoms with Crippen LogP contribution < -0.4 is 10.6 Å². The van der Waals surface area contributed by atoms with Crippen molar-refractivity contribution in [3.63, 3.8) is 0 Å². The van der Waals surface area contributed by atoms with E-state index in [9.17, 15) is 9.59 Å². The van der Waals surface area contributed by atoms with Crippen LogP contribution in [0.2, 0.25) is 0 Å². The smallest absolute Gasteiger partial charge is 0.324 e. The first kappa shape index (κ1) is 15.0. The first-order valence-corrected chi connectivity index (χ1v) is 8.12. The normalized spacial score (nSPS) is 24.8. The predicted molar refractivity (Wildman–Crippen MR) is 84.6 cm³/mol. The van der Waals surface area contributed by atoms with E-state index in [2.05, 4.69) is 41.0 Å². The second kappa shape index (κ2) is 6.92. The van der Waals surface area contributed by atoms with Crippen LogP contribution in [-0.4, -0.2) is 42.5 Å². The molecule has 2 atom stereocenters. The molecule has 3 rings (SSSR count). The van der Waals surface area contributed by atoms with Crippen molar-refractivity contribution in [2.75, 3.05) is 19.6 Å². The van der Waals surface area contributed by atoms with Gasteiger partial charge in [0.25, 0.3) is 0 Å². The van der Waals surface area contributed by atoms with Crippen molar-refractivity contribution in [3.05, 3.63) is 35.9 Å². The van der Waals surface area contributed by atoms with E-state index in [0.29, 0.717) is 18.5 Å². The molecule has 1 aliphatic carbocycles. The molecule has 1 aromatic carbocycles. The summed E-state index contributed by atoms with van der Waals surface area (Å²) in [5.74, 6) is 0.464. The fourth-order valence-corrected chi connectivity index (χ4v) is 3.51. The molecule has 1 saturated heterocycles. The number of urea groups is 1. The van der Waals surface area contributed by atoms with Crippen LogP contribution in [0.4, 0.5) is 4.79 Å². The molecule has 1 saturated carbocycles. The summed E-state index contributed by atoms with van der Waals surface area (Å²) in [5, 5.41) is 6.16. The highest BCUT2D eigenvalue weighted by Gasteiger charge is 2.29. The number of hydrogen-bond donors (Lipinski definition) is 2. The summed E-state index contributed by atoms with van der Waals surface area (Å²) in [6.45, 7) is 1.48. The average molecular weight is 301 g/mol. The van der Waals surface area contributed by atoms with E-state index in [1.807, 2.05) is 0 Å². The standard InChI is InChI=1S/C17H23N3O2/c21-16-12-19-17(22)20(16)11-5-10-18-15-9-4-8-14(15)13-6-2-1-3-7-13/h1-3,6-7,14-15,18H,4-5,8-12H2,(H,19,22)/t14-,15+/m0/s1. The van der Waals surface area contributed by atoms with Gasteiger partial charge in [0.05, 0.1) is 6.54 Å². The van der Waals surface area contributed by atoms with Crippen molar-refractivity contribution >= 4 is 11.9 Å². The Hall–Kier alpha value is -1.88. The Bertz CT molecular complexity index is 516. The molecule has 5 nitrogen and oxygen atoms in total. The first-order chi connectivity index (χ1) is 10.8. The molecule has 2 aliphatic rings. The van der Waals surface area contributed by atoms with Crippen LogP contribution in [0.1, 0.15) is 37.2 Å². The van der Waals surface area contributed by atoms with Crippen LogP contribution in [0, 0.1) is 0 Å². The van der Waals surface area contributed by atoms with Crippen LogP contribution in [0.3, 0.4) is 0 Å². The Balaban J connectivity index is 1.45. The van der Waals surface area contributed by atoms with Crippen LogP contribution in [0.15, 0.2) is 30.3 Å². The quantitative estimate of drug-likeness (QED) is 0.623. The molecule has 0 radical (unpaired) electrons. The molecule has 0 spiro atoms. The highest BCUT2D eigenvalue weighted by molar-refractivity contribution is 6.01. The molecule has 1 aromatic rings. The van der Waals surface area contributed by atoms with Crippen LogP contribution in [0.5, 0.6) is 0 Å². The molecule has 5 heteroatoms. The third kappa shape index (κ3) is 3.30. The Labute approximate surface area is 131 Å². The fraction of sp³-hybridized carbons (Fsp3) is 0.529. The van der Waals surface area contributed by atoms with Gasteiger partial charge in [-0.3, -0.25) is 9.69 Å². The molecule has 0 aromatic heterocycles. The summed E-state index contributed by atoms with van der Waals surface area (Å²) in [4.78, 5) is 24.3. The summed E-state index contributed by atoms with van der Waals surface area (Å²) in [5.41, 5.74) is 1.41. The van der Waals surface area contributed by atoms with E-state index >= 15 is 0 Å². The van der Waals surface area contributed by atoms with Gasteiger partial charge in [-0.25, -0.2) is 4.79 Å². The fourth-order valence-electron chi connectivity index (χ4n) is 3.51. The monoisotopic (exact) mass is 301 g/mol. The number of carbonyl (C=O) groups excluding carboxylic acids is 2. The van der Waals surface area contributed by atoms with E-state index in [1.54, 1.807) is 0 Å². The summed E-state index contributed by atoms with van der Waals surface area (Å²) in [6, 6.07) is 10.9. The summed E-state index contributed by atoms with van der Waals surface area (Å²) in [7, 11) is 0. The van der Waals surface area contributed by atoms with E-state index in [0.717, 1.165) is 13.0 Å². The zero-order chi connectivity index (χ0) is 15.4. The molecule has 1 aliphatic heterocycles. The summed E-state index contributed by atoms with van der Waals surface area (Å²) in [6.07, 6.45) is 4.48. The van der Waals surface area contributed by atoms with E-state index in [-0.39, 0.29) is 18.5 Å². The van der Waals surface area contributed by atoms with E-state index in [4.69, 9.17) is 0 Å². The zero-order valence-electron chi connectivity index (χ0n) is 12.8. The van der Waals surface area contributed by atoms with Gasteiger partial charge in [-0.2, -0.15) is 0 Å². The Kier molecular flexibility index (Phi) is 4.73. The number of hydrogen-bond acceptors (Lipinski definition) is 3.